The Balaban J connectivity index is 0.000000175. The van der Waals surface area contributed by atoms with Crippen molar-refractivity contribution in [3.8, 4) is 0 Å². The standard InChI is InChI=1S/C20H14N4.C14H15N.Cr/c1-2-14-10-16-5-6-18(23-16)12-20-8-7-19(24-20)11-17-4-3-15(22-17)9-13(1)21-14;15-14-9-5-4-8-13(14)11-10-12-6-2-1-3-7-12;/h1-12,21,24H;1-9H,10-11,15H2;. The average molecular weight is 560 g/mol. The molecule has 5 aromatic rings. The molecule has 2 aromatic carbocycles. The van der Waals surface area contributed by atoms with Gasteiger partial charge in [0.15, 0.2) is 0 Å². The van der Waals surface area contributed by atoms with Crippen molar-refractivity contribution in [3.05, 3.63) is 137 Å². The molecule has 4 N–H and O–H groups in total. The van der Waals surface area contributed by atoms with E-state index in [-0.39, 0.29) is 17.4 Å². The molecule has 196 valence electrons. The normalized spacial score (nSPS) is 11.4. The van der Waals surface area contributed by atoms with Gasteiger partial charge in [-0.25, -0.2) is 9.97 Å². The van der Waals surface area contributed by atoms with Gasteiger partial charge in [0.1, 0.15) is 0 Å². The smallest absolute Gasteiger partial charge is 0.0658 e. The summed E-state index contributed by atoms with van der Waals surface area (Å²) in [6, 6.07) is 34.9. The van der Waals surface area contributed by atoms with Crippen LogP contribution in [0.3, 0.4) is 0 Å². The molecule has 0 radical (unpaired) electrons. The summed E-state index contributed by atoms with van der Waals surface area (Å²) in [5, 5.41) is 0. The first kappa shape index (κ1) is 27.0. The summed E-state index contributed by atoms with van der Waals surface area (Å²) in [5.74, 6) is 0. The van der Waals surface area contributed by atoms with Gasteiger partial charge in [0.2, 0.25) is 0 Å². The van der Waals surface area contributed by atoms with E-state index in [0.717, 1.165) is 63.4 Å². The van der Waals surface area contributed by atoms with Crippen molar-refractivity contribution in [2.75, 3.05) is 5.73 Å². The van der Waals surface area contributed by atoms with E-state index in [1.54, 1.807) is 0 Å². The zero-order valence-electron chi connectivity index (χ0n) is 21.9. The number of hydrogen-bond donors (Lipinski definition) is 3. The van der Waals surface area contributed by atoms with Crippen molar-refractivity contribution in [2.24, 2.45) is 0 Å². The van der Waals surface area contributed by atoms with E-state index in [2.05, 4.69) is 74.5 Å². The zero-order valence-corrected chi connectivity index (χ0v) is 23.2. The number of fused-ring (bicyclic) bond motifs is 8. The minimum absolute atomic E-state index is 0. The van der Waals surface area contributed by atoms with Crippen molar-refractivity contribution in [1.82, 2.24) is 19.9 Å². The van der Waals surface area contributed by atoms with Crippen LogP contribution in [0.1, 0.15) is 33.9 Å². The molecule has 3 aromatic heterocycles. The number of benzene rings is 2. The van der Waals surface area contributed by atoms with Gasteiger partial charge in [-0.05, 0) is 103 Å². The first-order valence-electron chi connectivity index (χ1n) is 13.1. The molecule has 0 spiro atoms. The van der Waals surface area contributed by atoms with Gasteiger partial charge in [-0.2, -0.15) is 0 Å². The number of para-hydroxylation sites is 1. The largest absolute Gasteiger partial charge is 0.399 e. The number of aromatic amines is 2. The number of hydrogen-bond acceptors (Lipinski definition) is 3. The van der Waals surface area contributed by atoms with Gasteiger partial charge < -0.3 is 15.7 Å². The van der Waals surface area contributed by atoms with Crippen molar-refractivity contribution in [1.29, 1.82) is 0 Å². The number of aryl methyl sites for hydroxylation is 2. The van der Waals surface area contributed by atoms with Crippen LogP contribution in [-0.2, 0) is 30.2 Å². The second-order valence-electron chi connectivity index (χ2n) is 9.59. The molecule has 0 unspecified atom stereocenters. The molecular formula is C34H29CrN5. The maximum atomic E-state index is 5.88. The molecule has 7 rings (SSSR count). The van der Waals surface area contributed by atoms with Crippen LogP contribution in [0.5, 0.6) is 0 Å². The molecule has 0 saturated carbocycles. The fourth-order valence-corrected chi connectivity index (χ4v) is 4.63. The predicted octanol–water partition coefficient (Wildman–Crippen LogP) is 7.71. The third-order valence-corrected chi connectivity index (χ3v) is 6.62. The Morgan fingerprint density at radius 3 is 1.38 bits per heavy atom. The third kappa shape index (κ3) is 6.87. The summed E-state index contributed by atoms with van der Waals surface area (Å²) in [4.78, 5) is 16.0. The van der Waals surface area contributed by atoms with E-state index in [0.29, 0.717) is 0 Å². The summed E-state index contributed by atoms with van der Waals surface area (Å²) in [5.41, 5.74) is 17.2. The molecule has 2 aliphatic heterocycles. The molecule has 6 heteroatoms. The van der Waals surface area contributed by atoms with E-state index >= 15 is 0 Å². The molecule has 2 aliphatic rings. The van der Waals surface area contributed by atoms with Gasteiger partial charge in [0.25, 0.3) is 0 Å². The maximum Gasteiger partial charge on any atom is 0.0658 e. The first-order chi connectivity index (χ1) is 19.2. The first-order valence-corrected chi connectivity index (χ1v) is 13.1. The predicted molar refractivity (Wildman–Crippen MR) is 164 cm³/mol. The number of H-pyrrole nitrogens is 2. The van der Waals surface area contributed by atoms with Crippen LogP contribution in [0.25, 0.3) is 46.4 Å². The molecule has 0 atom stereocenters. The molecule has 0 aliphatic carbocycles. The number of anilines is 1. The number of nitrogens with one attached hydrogen (secondary N) is 2. The Bertz CT molecular complexity index is 1660. The molecule has 8 bridgehead atoms. The van der Waals surface area contributed by atoms with Gasteiger partial charge in [-0.3, -0.25) is 0 Å². The Labute approximate surface area is 244 Å². The molecular weight excluding hydrogens is 530 g/mol. The molecule has 5 nitrogen and oxygen atoms in total. The summed E-state index contributed by atoms with van der Waals surface area (Å²) in [6.45, 7) is 0. The Morgan fingerprint density at radius 2 is 0.925 bits per heavy atom. The van der Waals surface area contributed by atoms with Gasteiger partial charge in [-0.1, -0.05) is 48.5 Å². The number of rotatable bonds is 3. The van der Waals surface area contributed by atoms with Crippen molar-refractivity contribution < 1.29 is 17.4 Å². The number of aromatic nitrogens is 4. The van der Waals surface area contributed by atoms with Crippen molar-refractivity contribution >= 4 is 52.1 Å². The zero-order chi connectivity index (χ0) is 26.4. The summed E-state index contributed by atoms with van der Waals surface area (Å²) in [6.07, 6.45) is 10.2. The maximum absolute atomic E-state index is 5.88. The Morgan fingerprint density at radius 1 is 0.500 bits per heavy atom. The van der Waals surface area contributed by atoms with Gasteiger partial charge in [0, 0.05) is 45.1 Å². The summed E-state index contributed by atoms with van der Waals surface area (Å²) < 4.78 is 0. The number of nitrogens with two attached hydrogens (primary N) is 1. The van der Waals surface area contributed by atoms with E-state index in [1.807, 2.05) is 72.8 Å². The van der Waals surface area contributed by atoms with Gasteiger partial charge in [0.05, 0.1) is 22.8 Å². The fraction of sp³-hybridized carbons (Fsp3) is 0.0588. The number of nitrogen functional groups attached to an aromatic ring is 1. The van der Waals surface area contributed by atoms with Crippen LogP contribution < -0.4 is 5.73 Å². The summed E-state index contributed by atoms with van der Waals surface area (Å²) >= 11 is 0. The quantitative estimate of drug-likeness (QED) is 0.194. The fourth-order valence-electron chi connectivity index (χ4n) is 4.63. The second kappa shape index (κ2) is 12.5. The minimum Gasteiger partial charge on any atom is -0.399 e. The van der Waals surface area contributed by atoms with E-state index in [1.165, 1.54) is 11.1 Å². The van der Waals surface area contributed by atoms with Crippen LogP contribution in [0.4, 0.5) is 5.69 Å². The molecule has 5 heterocycles. The summed E-state index contributed by atoms with van der Waals surface area (Å²) in [7, 11) is 0. The van der Waals surface area contributed by atoms with Gasteiger partial charge in [-0.15, -0.1) is 0 Å². The van der Waals surface area contributed by atoms with Crippen LogP contribution in [0.2, 0.25) is 0 Å². The van der Waals surface area contributed by atoms with E-state index in [9.17, 15) is 0 Å². The van der Waals surface area contributed by atoms with Crippen LogP contribution >= 0.6 is 0 Å². The number of nitrogens with zero attached hydrogens (tertiary/aromatic N) is 2. The Kier molecular flexibility index (Phi) is 8.41. The molecule has 40 heavy (non-hydrogen) atoms. The van der Waals surface area contributed by atoms with E-state index < -0.39 is 0 Å². The van der Waals surface area contributed by atoms with Crippen LogP contribution in [0, 0.1) is 0 Å². The molecule has 0 amide bonds. The minimum atomic E-state index is 0. The molecule has 0 fully saturated rings. The average Bonchev–Trinajstić information content (AvgIpc) is 3.76. The Hall–Kier alpha value is -4.63. The van der Waals surface area contributed by atoms with Crippen LogP contribution in [-0.4, -0.2) is 19.9 Å². The van der Waals surface area contributed by atoms with Gasteiger partial charge >= 0.3 is 0 Å². The molecule has 0 saturated heterocycles. The van der Waals surface area contributed by atoms with E-state index in [4.69, 9.17) is 5.73 Å². The third-order valence-electron chi connectivity index (χ3n) is 6.62. The topological polar surface area (TPSA) is 83.4 Å². The van der Waals surface area contributed by atoms with Crippen LogP contribution in [0.15, 0.2) is 103 Å². The SMILES string of the molecule is C1=Cc2cc3ccc(cc4nc(cc5ccc(cc1n2)[nH]5)C=C4)[nH]3.Nc1ccccc1CCc1ccccc1.[Cr]. The second-order valence-corrected chi connectivity index (χ2v) is 9.59. The van der Waals surface area contributed by atoms with Crippen molar-refractivity contribution in [3.63, 3.8) is 0 Å². The monoisotopic (exact) mass is 559 g/mol. The van der Waals surface area contributed by atoms with Crippen molar-refractivity contribution in [2.45, 2.75) is 12.8 Å².